The van der Waals surface area contributed by atoms with Crippen molar-refractivity contribution in [3.63, 3.8) is 0 Å². The van der Waals surface area contributed by atoms with Crippen LogP contribution in [0.5, 0.6) is 0 Å². The molecule has 0 saturated carbocycles. The van der Waals surface area contributed by atoms with Gasteiger partial charge in [-0.15, -0.1) is 0 Å². The fraction of sp³-hybridized carbons (Fsp3) is 0.571. The summed E-state index contributed by atoms with van der Waals surface area (Å²) >= 11 is 0. The Morgan fingerprint density at radius 1 is 1.35 bits per heavy atom. The topological polar surface area (TPSA) is 32.3 Å². The molecule has 1 atom stereocenters. The fourth-order valence-electron chi connectivity index (χ4n) is 2.00. The van der Waals surface area contributed by atoms with Gasteiger partial charge in [0, 0.05) is 0 Å². The molecule has 0 bridgehead atoms. The van der Waals surface area contributed by atoms with E-state index < -0.39 is 5.60 Å². The highest BCUT2D eigenvalue weighted by Crippen LogP contribution is 2.27. The van der Waals surface area contributed by atoms with Crippen LogP contribution in [0.25, 0.3) is 0 Å². The Balaban J connectivity index is 2.68. The molecule has 3 heteroatoms. The van der Waals surface area contributed by atoms with Crippen LogP contribution in [0.4, 0.5) is 4.39 Å². The Morgan fingerprint density at radius 3 is 2.65 bits per heavy atom. The smallest absolute Gasteiger partial charge is 0.123 e. The lowest BCUT2D eigenvalue weighted by Gasteiger charge is -2.26. The summed E-state index contributed by atoms with van der Waals surface area (Å²) in [5, 5.41) is 13.7. The van der Waals surface area contributed by atoms with Gasteiger partial charge in [0.2, 0.25) is 0 Å². The first-order valence-corrected chi connectivity index (χ1v) is 6.17. The van der Waals surface area contributed by atoms with Gasteiger partial charge in [0.25, 0.3) is 0 Å². The van der Waals surface area contributed by atoms with E-state index in [0.717, 1.165) is 30.6 Å². The third-order valence-electron chi connectivity index (χ3n) is 2.98. The highest BCUT2D eigenvalue weighted by molar-refractivity contribution is 5.31. The number of nitrogens with one attached hydrogen (secondary N) is 1. The maximum atomic E-state index is 13.0. The van der Waals surface area contributed by atoms with E-state index in [0.29, 0.717) is 6.42 Å². The second-order valence-corrected chi connectivity index (χ2v) is 4.73. The Labute approximate surface area is 103 Å². The molecule has 0 heterocycles. The third-order valence-corrected chi connectivity index (χ3v) is 2.98. The van der Waals surface area contributed by atoms with E-state index in [1.807, 2.05) is 6.92 Å². The van der Waals surface area contributed by atoms with Crippen LogP contribution in [-0.2, 0) is 5.60 Å². The molecule has 0 fully saturated rings. The summed E-state index contributed by atoms with van der Waals surface area (Å²) in [7, 11) is 0. The number of rotatable bonds is 6. The first-order valence-electron chi connectivity index (χ1n) is 6.17. The van der Waals surface area contributed by atoms with Gasteiger partial charge in [0.05, 0.1) is 5.60 Å². The van der Waals surface area contributed by atoms with Crippen LogP contribution in [0, 0.1) is 12.7 Å². The summed E-state index contributed by atoms with van der Waals surface area (Å²) in [6.45, 7) is 7.43. The quantitative estimate of drug-likeness (QED) is 0.748. The summed E-state index contributed by atoms with van der Waals surface area (Å²) in [6, 6.07) is 4.53. The highest BCUT2D eigenvalue weighted by atomic mass is 19.1. The molecule has 96 valence electrons. The van der Waals surface area contributed by atoms with Crippen LogP contribution in [0.2, 0.25) is 0 Å². The molecule has 0 aliphatic heterocycles. The van der Waals surface area contributed by atoms with E-state index in [2.05, 4.69) is 12.2 Å². The molecule has 0 aromatic heterocycles. The molecule has 2 N–H and O–H groups in total. The lowest BCUT2D eigenvalue weighted by molar-refractivity contribution is 0.0474. The Hall–Kier alpha value is -0.930. The lowest BCUT2D eigenvalue weighted by Crippen LogP contribution is -2.29. The molecule has 0 saturated heterocycles. The van der Waals surface area contributed by atoms with Gasteiger partial charge < -0.3 is 10.4 Å². The monoisotopic (exact) mass is 239 g/mol. The van der Waals surface area contributed by atoms with Crippen molar-refractivity contribution in [3.05, 3.63) is 35.1 Å². The second-order valence-electron chi connectivity index (χ2n) is 4.73. The molecule has 17 heavy (non-hydrogen) atoms. The standard InChI is InChI=1S/C14H22FNO/c1-4-8-16-9-7-14(3,17)13-6-5-12(15)10-11(13)2/h5-6,10,16-17H,4,7-9H2,1-3H3. The molecular formula is C14H22FNO. The van der Waals surface area contributed by atoms with E-state index in [-0.39, 0.29) is 5.82 Å². The molecule has 0 aliphatic carbocycles. The number of aryl methyl sites for hydroxylation is 1. The summed E-state index contributed by atoms with van der Waals surface area (Å²) in [4.78, 5) is 0. The van der Waals surface area contributed by atoms with Gasteiger partial charge in [-0.3, -0.25) is 0 Å². The van der Waals surface area contributed by atoms with Gasteiger partial charge in [-0.2, -0.15) is 0 Å². The van der Waals surface area contributed by atoms with Crippen molar-refractivity contribution >= 4 is 0 Å². The molecule has 0 amide bonds. The molecule has 1 unspecified atom stereocenters. The van der Waals surface area contributed by atoms with Crippen LogP contribution >= 0.6 is 0 Å². The first kappa shape index (κ1) is 14.1. The van der Waals surface area contributed by atoms with E-state index in [9.17, 15) is 9.50 Å². The zero-order valence-electron chi connectivity index (χ0n) is 10.9. The highest BCUT2D eigenvalue weighted by Gasteiger charge is 2.24. The molecule has 0 aliphatic rings. The number of halogens is 1. The first-order chi connectivity index (χ1) is 7.97. The Morgan fingerprint density at radius 2 is 2.06 bits per heavy atom. The average molecular weight is 239 g/mol. The minimum absolute atomic E-state index is 0.258. The number of aliphatic hydroxyl groups is 1. The minimum atomic E-state index is -0.904. The summed E-state index contributed by atoms with van der Waals surface area (Å²) in [6.07, 6.45) is 1.71. The van der Waals surface area contributed by atoms with E-state index >= 15 is 0 Å². The molecule has 0 radical (unpaired) electrons. The van der Waals surface area contributed by atoms with Gasteiger partial charge in [-0.25, -0.2) is 4.39 Å². The summed E-state index contributed by atoms with van der Waals surface area (Å²) < 4.78 is 13.0. The number of hydrogen-bond acceptors (Lipinski definition) is 2. The third kappa shape index (κ3) is 4.10. The van der Waals surface area contributed by atoms with E-state index in [1.54, 1.807) is 13.0 Å². The van der Waals surface area contributed by atoms with Crippen molar-refractivity contribution in [2.75, 3.05) is 13.1 Å². The van der Waals surface area contributed by atoms with Gasteiger partial charge in [-0.1, -0.05) is 13.0 Å². The van der Waals surface area contributed by atoms with Crippen molar-refractivity contribution in [1.29, 1.82) is 0 Å². The van der Waals surface area contributed by atoms with Crippen molar-refractivity contribution in [3.8, 4) is 0 Å². The minimum Gasteiger partial charge on any atom is -0.385 e. The van der Waals surface area contributed by atoms with Crippen LogP contribution < -0.4 is 5.32 Å². The lowest BCUT2D eigenvalue weighted by atomic mass is 9.89. The number of benzene rings is 1. The summed E-state index contributed by atoms with van der Waals surface area (Å²) in [5.41, 5.74) is 0.695. The summed E-state index contributed by atoms with van der Waals surface area (Å²) in [5.74, 6) is -0.258. The van der Waals surface area contributed by atoms with Crippen molar-refractivity contribution < 1.29 is 9.50 Å². The average Bonchev–Trinajstić information content (AvgIpc) is 2.24. The molecular weight excluding hydrogens is 217 g/mol. The number of hydrogen-bond donors (Lipinski definition) is 2. The van der Waals surface area contributed by atoms with Gasteiger partial charge in [0.1, 0.15) is 5.82 Å². The molecule has 1 aromatic rings. The van der Waals surface area contributed by atoms with Crippen molar-refractivity contribution in [2.45, 2.75) is 39.2 Å². The van der Waals surface area contributed by atoms with Crippen LogP contribution in [0.3, 0.4) is 0 Å². The van der Waals surface area contributed by atoms with Crippen LogP contribution in [-0.4, -0.2) is 18.2 Å². The Bertz CT molecular complexity index is 363. The molecule has 2 nitrogen and oxygen atoms in total. The zero-order valence-corrected chi connectivity index (χ0v) is 10.9. The Kier molecular flexibility index (Phi) is 5.09. The largest absolute Gasteiger partial charge is 0.385 e. The van der Waals surface area contributed by atoms with E-state index in [4.69, 9.17) is 0 Å². The van der Waals surface area contributed by atoms with Crippen molar-refractivity contribution in [2.24, 2.45) is 0 Å². The fourth-order valence-corrected chi connectivity index (χ4v) is 2.00. The normalized spacial score (nSPS) is 14.6. The maximum absolute atomic E-state index is 13.0. The van der Waals surface area contributed by atoms with Gasteiger partial charge in [-0.05, 0) is 63.0 Å². The molecule has 1 rings (SSSR count). The van der Waals surface area contributed by atoms with Gasteiger partial charge in [0.15, 0.2) is 0 Å². The SMILES string of the molecule is CCCNCCC(C)(O)c1ccc(F)cc1C. The molecule has 0 spiro atoms. The zero-order chi connectivity index (χ0) is 12.9. The van der Waals surface area contributed by atoms with Gasteiger partial charge >= 0.3 is 0 Å². The molecule has 1 aromatic carbocycles. The predicted octanol–water partition coefficient (Wildman–Crippen LogP) is 2.73. The van der Waals surface area contributed by atoms with Crippen LogP contribution in [0.1, 0.15) is 37.8 Å². The second kappa shape index (κ2) is 6.12. The van der Waals surface area contributed by atoms with E-state index in [1.165, 1.54) is 12.1 Å². The van der Waals surface area contributed by atoms with Crippen molar-refractivity contribution in [1.82, 2.24) is 5.32 Å². The predicted molar refractivity (Wildman–Crippen MR) is 68.5 cm³/mol. The van der Waals surface area contributed by atoms with Crippen LogP contribution in [0.15, 0.2) is 18.2 Å². The maximum Gasteiger partial charge on any atom is 0.123 e.